The van der Waals surface area contributed by atoms with E-state index in [2.05, 4.69) is 26.3 Å². The molecule has 0 amide bonds. The summed E-state index contributed by atoms with van der Waals surface area (Å²) in [6.45, 7) is 13.5. The Morgan fingerprint density at radius 2 is 0.778 bits per heavy atom. The standard InChI is InChI=1S/C6H14O4.C2H6O2.2C2H4/c7-1-3-9-5-6-10-4-2-8;3-1-2-4;2*1-2/h7-8H,1-6H2;3-4H,1-2H2;2*1-2H2. The van der Waals surface area contributed by atoms with Gasteiger partial charge in [-0.2, -0.15) is 0 Å². The molecule has 0 spiro atoms. The largest absolute Gasteiger partial charge is 0.394 e. The number of rotatable bonds is 8. The Hall–Kier alpha value is -0.760. The van der Waals surface area contributed by atoms with Crippen molar-refractivity contribution in [3.8, 4) is 0 Å². The second-order valence-electron chi connectivity index (χ2n) is 2.12. The lowest BCUT2D eigenvalue weighted by Gasteiger charge is -2.01. The molecular formula is C12H28O6. The van der Waals surface area contributed by atoms with Crippen LogP contribution in [0.4, 0.5) is 0 Å². The highest BCUT2D eigenvalue weighted by atomic mass is 16.5. The molecule has 6 heteroatoms. The first-order valence-corrected chi connectivity index (χ1v) is 5.42. The van der Waals surface area contributed by atoms with E-state index in [1.165, 1.54) is 0 Å². The second-order valence-corrected chi connectivity index (χ2v) is 2.12. The Morgan fingerprint density at radius 1 is 0.500 bits per heavy atom. The molecule has 0 heterocycles. The molecule has 0 atom stereocenters. The van der Waals surface area contributed by atoms with Gasteiger partial charge in [0, 0.05) is 0 Å². The van der Waals surface area contributed by atoms with E-state index >= 15 is 0 Å². The van der Waals surface area contributed by atoms with Gasteiger partial charge in [-0.15, -0.1) is 26.3 Å². The van der Waals surface area contributed by atoms with Crippen LogP contribution in [0.15, 0.2) is 26.3 Å². The number of hydrogen-bond donors (Lipinski definition) is 4. The van der Waals surface area contributed by atoms with Crippen LogP contribution in [0.5, 0.6) is 0 Å². The third-order valence-electron chi connectivity index (χ3n) is 0.943. The maximum absolute atomic E-state index is 8.26. The fraction of sp³-hybridized carbons (Fsp3) is 0.667. The summed E-state index contributed by atoms with van der Waals surface area (Å²) in [6, 6.07) is 0. The molecule has 4 N–H and O–H groups in total. The van der Waals surface area contributed by atoms with Crippen LogP contribution in [0.25, 0.3) is 0 Å². The van der Waals surface area contributed by atoms with Crippen LogP contribution in [0.3, 0.4) is 0 Å². The molecule has 0 aromatic heterocycles. The van der Waals surface area contributed by atoms with Crippen molar-refractivity contribution in [1.82, 2.24) is 0 Å². The fourth-order valence-electron chi connectivity index (χ4n) is 0.451. The topological polar surface area (TPSA) is 99.4 Å². The van der Waals surface area contributed by atoms with Gasteiger partial charge < -0.3 is 29.9 Å². The molecule has 0 saturated carbocycles. The van der Waals surface area contributed by atoms with Gasteiger partial charge in [-0.05, 0) is 0 Å². The number of aliphatic hydroxyl groups excluding tert-OH is 4. The molecular weight excluding hydrogens is 240 g/mol. The van der Waals surface area contributed by atoms with Gasteiger partial charge in [0.05, 0.1) is 52.9 Å². The van der Waals surface area contributed by atoms with Crippen LogP contribution in [-0.4, -0.2) is 73.3 Å². The average Bonchev–Trinajstić information content (AvgIpc) is 2.47. The molecule has 112 valence electrons. The lowest BCUT2D eigenvalue weighted by Crippen LogP contribution is -2.09. The monoisotopic (exact) mass is 268 g/mol. The third-order valence-corrected chi connectivity index (χ3v) is 0.943. The van der Waals surface area contributed by atoms with Gasteiger partial charge in [-0.1, -0.05) is 0 Å². The first-order chi connectivity index (χ1) is 8.83. The van der Waals surface area contributed by atoms with E-state index in [4.69, 9.17) is 29.9 Å². The molecule has 0 aromatic carbocycles. The Balaban J connectivity index is -0.000000102. The Kier molecular flexibility index (Phi) is 63.7. The van der Waals surface area contributed by atoms with Gasteiger partial charge in [-0.3, -0.25) is 0 Å². The fourth-order valence-corrected chi connectivity index (χ4v) is 0.451. The average molecular weight is 268 g/mol. The van der Waals surface area contributed by atoms with Gasteiger partial charge in [0.15, 0.2) is 0 Å². The Labute approximate surface area is 110 Å². The van der Waals surface area contributed by atoms with Crippen molar-refractivity contribution >= 4 is 0 Å². The SMILES string of the molecule is C=C.C=C.OCCO.OCCOCCOCCO. The van der Waals surface area contributed by atoms with Crippen molar-refractivity contribution in [3.63, 3.8) is 0 Å². The first-order valence-electron chi connectivity index (χ1n) is 5.42. The number of ether oxygens (including phenoxy) is 2. The maximum Gasteiger partial charge on any atom is 0.0701 e. The third kappa shape index (κ3) is 59.0. The Bertz CT molecular complexity index is 90.6. The summed E-state index contributed by atoms with van der Waals surface area (Å²) in [5.41, 5.74) is 0. The van der Waals surface area contributed by atoms with Gasteiger partial charge in [-0.25, -0.2) is 0 Å². The van der Waals surface area contributed by atoms with E-state index < -0.39 is 0 Å². The van der Waals surface area contributed by atoms with E-state index in [0.29, 0.717) is 26.4 Å². The van der Waals surface area contributed by atoms with Gasteiger partial charge in [0.2, 0.25) is 0 Å². The van der Waals surface area contributed by atoms with Crippen LogP contribution in [0, 0.1) is 0 Å². The molecule has 0 fully saturated rings. The predicted molar refractivity (Wildman–Crippen MR) is 72.5 cm³/mol. The Morgan fingerprint density at radius 3 is 0.944 bits per heavy atom. The summed E-state index contributed by atoms with van der Waals surface area (Å²) in [5.74, 6) is 0. The molecule has 0 aromatic rings. The summed E-state index contributed by atoms with van der Waals surface area (Å²) < 4.78 is 9.75. The minimum absolute atomic E-state index is 0.0417. The van der Waals surface area contributed by atoms with E-state index in [-0.39, 0.29) is 26.4 Å². The normalized spacial score (nSPS) is 7.78. The molecule has 0 radical (unpaired) electrons. The quantitative estimate of drug-likeness (QED) is 0.352. The minimum Gasteiger partial charge on any atom is -0.394 e. The zero-order valence-corrected chi connectivity index (χ0v) is 11.1. The molecule has 0 saturated heterocycles. The number of hydrogen-bond acceptors (Lipinski definition) is 6. The highest BCUT2D eigenvalue weighted by Gasteiger charge is 1.86. The summed E-state index contributed by atoms with van der Waals surface area (Å²) in [7, 11) is 0. The van der Waals surface area contributed by atoms with Crippen molar-refractivity contribution in [2.75, 3.05) is 52.9 Å². The van der Waals surface area contributed by atoms with Crippen molar-refractivity contribution in [1.29, 1.82) is 0 Å². The molecule has 0 aliphatic carbocycles. The summed E-state index contributed by atoms with van der Waals surface area (Å²) in [4.78, 5) is 0. The molecule has 6 nitrogen and oxygen atoms in total. The van der Waals surface area contributed by atoms with Crippen LogP contribution in [0.1, 0.15) is 0 Å². The summed E-state index contributed by atoms with van der Waals surface area (Å²) in [5, 5.41) is 31.8. The first kappa shape index (κ1) is 25.9. The minimum atomic E-state index is -0.125. The lowest BCUT2D eigenvalue weighted by molar-refractivity contribution is 0.0222. The van der Waals surface area contributed by atoms with E-state index in [9.17, 15) is 0 Å². The van der Waals surface area contributed by atoms with Gasteiger partial charge >= 0.3 is 0 Å². The van der Waals surface area contributed by atoms with E-state index in [1.54, 1.807) is 0 Å². The van der Waals surface area contributed by atoms with E-state index in [0.717, 1.165) is 0 Å². The number of aliphatic hydroxyl groups is 4. The molecule has 0 unspecified atom stereocenters. The van der Waals surface area contributed by atoms with E-state index in [1.807, 2.05) is 0 Å². The molecule has 0 bridgehead atoms. The molecule has 18 heavy (non-hydrogen) atoms. The molecule has 0 rings (SSSR count). The van der Waals surface area contributed by atoms with Crippen molar-refractivity contribution < 1.29 is 29.9 Å². The van der Waals surface area contributed by atoms with Crippen LogP contribution >= 0.6 is 0 Å². The van der Waals surface area contributed by atoms with Crippen LogP contribution in [0.2, 0.25) is 0 Å². The van der Waals surface area contributed by atoms with Crippen LogP contribution < -0.4 is 0 Å². The lowest BCUT2D eigenvalue weighted by atomic mass is 10.7. The highest BCUT2D eigenvalue weighted by molar-refractivity contribution is 4.30. The van der Waals surface area contributed by atoms with Crippen molar-refractivity contribution in [2.45, 2.75) is 0 Å². The van der Waals surface area contributed by atoms with Gasteiger partial charge in [0.1, 0.15) is 0 Å². The smallest absolute Gasteiger partial charge is 0.0701 e. The zero-order chi connectivity index (χ0) is 15.1. The molecule has 0 aliphatic heterocycles. The maximum atomic E-state index is 8.26. The van der Waals surface area contributed by atoms with Crippen LogP contribution in [-0.2, 0) is 9.47 Å². The second kappa shape index (κ2) is 44.2. The van der Waals surface area contributed by atoms with Crippen molar-refractivity contribution in [3.05, 3.63) is 26.3 Å². The zero-order valence-electron chi connectivity index (χ0n) is 11.1. The molecule has 0 aliphatic rings. The van der Waals surface area contributed by atoms with Crippen molar-refractivity contribution in [2.24, 2.45) is 0 Å². The summed E-state index contributed by atoms with van der Waals surface area (Å²) in [6.07, 6.45) is 0. The predicted octanol–water partition coefficient (Wildman–Crippen LogP) is -0.420. The highest BCUT2D eigenvalue weighted by Crippen LogP contribution is 1.76. The van der Waals surface area contributed by atoms with Gasteiger partial charge in [0.25, 0.3) is 0 Å². The summed E-state index contributed by atoms with van der Waals surface area (Å²) >= 11 is 0.